The van der Waals surface area contributed by atoms with Crippen molar-refractivity contribution < 1.29 is 8.42 Å². The Kier molecular flexibility index (Phi) is 4.67. The van der Waals surface area contributed by atoms with E-state index in [1.54, 1.807) is 4.90 Å². The van der Waals surface area contributed by atoms with Gasteiger partial charge in [-0.3, -0.25) is 0 Å². The summed E-state index contributed by atoms with van der Waals surface area (Å²) in [5.41, 5.74) is 0. The van der Waals surface area contributed by atoms with Crippen molar-refractivity contribution in [2.45, 2.75) is 30.5 Å². The number of unbranched alkanes of at least 4 members (excludes halogenated alkanes) is 2. The Labute approximate surface area is 100 Å². The maximum atomic E-state index is 11.8. The van der Waals surface area contributed by atoms with Crippen LogP contribution in [0.15, 0.2) is 4.34 Å². The fourth-order valence-electron chi connectivity index (χ4n) is 1.14. The molecule has 0 N–H and O–H groups in total. The molecule has 0 radical (unpaired) electrons. The van der Waals surface area contributed by atoms with Gasteiger partial charge in [0.25, 0.3) is 0 Å². The molecule has 7 heteroatoms. The Morgan fingerprint density at radius 2 is 1.94 bits per heavy atom. The van der Waals surface area contributed by atoms with Crippen molar-refractivity contribution in [1.82, 2.24) is 10.2 Å². The molecule has 1 aromatic rings. The van der Waals surface area contributed by atoms with Crippen molar-refractivity contribution >= 4 is 26.3 Å². The third kappa shape index (κ3) is 3.41. The topological polar surface area (TPSA) is 63.2 Å². The Hall–Kier alpha value is -0.690. The Morgan fingerprint density at radius 3 is 2.44 bits per heavy atom. The monoisotopic (exact) mass is 263 g/mol. The number of anilines is 1. The standard InChI is InChI=1S/C9H17N3O2S2/c1-4-5-6-7-16(13,14)9-11-10-8(15-9)12(2)3/h4-7H2,1-3H3. The van der Waals surface area contributed by atoms with Crippen LogP contribution in [0.3, 0.4) is 0 Å². The van der Waals surface area contributed by atoms with Crippen LogP contribution in [0.2, 0.25) is 0 Å². The summed E-state index contributed by atoms with van der Waals surface area (Å²) in [4.78, 5) is 1.75. The Balaban J connectivity index is 2.74. The molecule has 0 spiro atoms. The van der Waals surface area contributed by atoms with Gasteiger partial charge in [-0.25, -0.2) is 8.42 Å². The summed E-state index contributed by atoms with van der Waals surface area (Å²) in [7, 11) is 0.400. The van der Waals surface area contributed by atoms with Gasteiger partial charge in [0.1, 0.15) is 0 Å². The van der Waals surface area contributed by atoms with Gasteiger partial charge in [-0.15, -0.1) is 10.2 Å². The molecule has 0 saturated heterocycles. The zero-order valence-electron chi connectivity index (χ0n) is 9.80. The quantitative estimate of drug-likeness (QED) is 0.729. The fraction of sp³-hybridized carbons (Fsp3) is 0.778. The number of sulfone groups is 1. The highest BCUT2D eigenvalue weighted by Gasteiger charge is 2.20. The van der Waals surface area contributed by atoms with Crippen LogP contribution >= 0.6 is 11.3 Å². The molecule has 0 fully saturated rings. The molecule has 0 aromatic carbocycles. The fourth-order valence-corrected chi connectivity index (χ4v) is 3.55. The molecule has 0 bridgehead atoms. The molecule has 1 rings (SSSR count). The second-order valence-electron chi connectivity index (χ2n) is 3.77. The zero-order valence-corrected chi connectivity index (χ0v) is 11.4. The van der Waals surface area contributed by atoms with E-state index in [-0.39, 0.29) is 10.1 Å². The van der Waals surface area contributed by atoms with Gasteiger partial charge in [-0.2, -0.15) is 0 Å². The number of nitrogens with zero attached hydrogens (tertiary/aromatic N) is 3. The van der Waals surface area contributed by atoms with Crippen LogP contribution in [0.5, 0.6) is 0 Å². The largest absolute Gasteiger partial charge is 0.353 e. The van der Waals surface area contributed by atoms with E-state index < -0.39 is 9.84 Å². The minimum Gasteiger partial charge on any atom is -0.353 e. The van der Waals surface area contributed by atoms with E-state index in [2.05, 4.69) is 10.2 Å². The molecule has 0 saturated carbocycles. The molecule has 0 aliphatic heterocycles. The van der Waals surface area contributed by atoms with E-state index in [9.17, 15) is 8.42 Å². The van der Waals surface area contributed by atoms with E-state index in [0.29, 0.717) is 11.6 Å². The predicted octanol–water partition coefficient (Wildman–Crippen LogP) is 1.57. The van der Waals surface area contributed by atoms with Crippen molar-refractivity contribution in [2.75, 3.05) is 24.7 Å². The van der Waals surface area contributed by atoms with Gasteiger partial charge in [0.2, 0.25) is 19.3 Å². The van der Waals surface area contributed by atoms with Crippen LogP contribution in [0, 0.1) is 0 Å². The molecule has 1 aromatic heterocycles. The van der Waals surface area contributed by atoms with Crippen molar-refractivity contribution in [2.24, 2.45) is 0 Å². The van der Waals surface area contributed by atoms with Crippen molar-refractivity contribution in [3.63, 3.8) is 0 Å². The molecule has 1 heterocycles. The summed E-state index contributed by atoms with van der Waals surface area (Å²) < 4.78 is 23.8. The molecule has 92 valence electrons. The lowest BCUT2D eigenvalue weighted by atomic mass is 10.3. The minimum atomic E-state index is -3.23. The lowest BCUT2D eigenvalue weighted by Gasteiger charge is -2.03. The number of aromatic nitrogens is 2. The van der Waals surface area contributed by atoms with Gasteiger partial charge in [0, 0.05) is 14.1 Å². The predicted molar refractivity (Wildman–Crippen MR) is 65.8 cm³/mol. The summed E-state index contributed by atoms with van der Waals surface area (Å²) in [5, 5.41) is 8.17. The highest BCUT2D eigenvalue weighted by Crippen LogP contribution is 2.23. The minimum absolute atomic E-state index is 0.132. The average molecular weight is 263 g/mol. The summed E-state index contributed by atoms with van der Waals surface area (Å²) >= 11 is 1.12. The third-order valence-corrected chi connectivity index (χ3v) is 5.40. The maximum Gasteiger partial charge on any atom is 0.234 e. The Bertz CT molecular complexity index is 426. The highest BCUT2D eigenvalue weighted by atomic mass is 32.2. The summed E-state index contributed by atoms with van der Waals surface area (Å²) in [6, 6.07) is 0. The SMILES string of the molecule is CCCCCS(=O)(=O)c1nnc(N(C)C)s1. The molecular formula is C9H17N3O2S2. The Morgan fingerprint density at radius 1 is 1.25 bits per heavy atom. The number of hydrogen-bond acceptors (Lipinski definition) is 6. The summed E-state index contributed by atoms with van der Waals surface area (Å²) in [6.45, 7) is 2.04. The van der Waals surface area contributed by atoms with Gasteiger partial charge >= 0.3 is 0 Å². The van der Waals surface area contributed by atoms with Crippen molar-refractivity contribution in [1.29, 1.82) is 0 Å². The summed E-state index contributed by atoms with van der Waals surface area (Å²) in [6.07, 6.45) is 2.63. The first-order valence-corrected chi connectivity index (χ1v) is 7.68. The van der Waals surface area contributed by atoms with Gasteiger partial charge in [0.05, 0.1) is 5.75 Å². The highest BCUT2D eigenvalue weighted by molar-refractivity contribution is 7.93. The van der Waals surface area contributed by atoms with E-state index in [1.807, 2.05) is 21.0 Å². The van der Waals surface area contributed by atoms with Crippen LogP contribution in [-0.2, 0) is 9.84 Å². The average Bonchev–Trinajstić information content (AvgIpc) is 2.67. The summed E-state index contributed by atoms with van der Waals surface area (Å²) in [5.74, 6) is 0.170. The second-order valence-corrected chi connectivity index (χ2v) is 7.01. The molecule has 0 unspecified atom stereocenters. The number of rotatable bonds is 6. The van der Waals surface area contributed by atoms with E-state index in [4.69, 9.17) is 0 Å². The van der Waals surface area contributed by atoms with Crippen LogP contribution in [-0.4, -0.2) is 38.5 Å². The smallest absolute Gasteiger partial charge is 0.234 e. The van der Waals surface area contributed by atoms with Gasteiger partial charge in [-0.1, -0.05) is 31.1 Å². The van der Waals surface area contributed by atoms with Crippen LogP contribution < -0.4 is 4.90 Å². The second kappa shape index (κ2) is 5.58. The van der Waals surface area contributed by atoms with Crippen molar-refractivity contribution in [3.8, 4) is 0 Å². The van der Waals surface area contributed by atoms with E-state index in [1.165, 1.54) is 0 Å². The first-order chi connectivity index (χ1) is 7.47. The first-order valence-electron chi connectivity index (χ1n) is 5.21. The molecule has 0 aliphatic carbocycles. The lowest BCUT2D eigenvalue weighted by molar-refractivity contribution is 0.589. The zero-order chi connectivity index (χ0) is 12.2. The van der Waals surface area contributed by atoms with Crippen molar-refractivity contribution in [3.05, 3.63) is 0 Å². The molecule has 0 aliphatic rings. The first kappa shape index (κ1) is 13.4. The van der Waals surface area contributed by atoms with Gasteiger partial charge < -0.3 is 4.90 Å². The van der Waals surface area contributed by atoms with Crippen LogP contribution in [0.1, 0.15) is 26.2 Å². The molecule has 0 atom stereocenters. The number of hydrogen-bond donors (Lipinski definition) is 0. The molecule has 0 amide bonds. The molecular weight excluding hydrogens is 246 g/mol. The molecule has 16 heavy (non-hydrogen) atoms. The molecule has 5 nitrogen and oxygen atoms in total. The lowest BCUT2D eigenvalue weighted by Crippen LogP contribution is -2.07. The van der Waals surface area contributed by atoms with Crippen LogP contribution in [0.4, 0.5) is 5.13 Å². The van der Waals surface area contributed by atoms with Gasteiger partial charge in [0.15, 0.2) is 0 Å². The third-order valence-electron chi connectivity index (χ3n) is 2.06. The van der Waals surface area contributed by atoms with Gasteiger partial charge in [-0.05, 0) is 6.42 Å². The normalized spacial score (nSPS) is 11.7. The van der Waals surface area contributed by atoms with E-state index in [0.717, 1.165) is 24.2 Å². The maximum absolute atomic E-state index is 11.8. The van der Waals surface area contributed by atoms with Crippen LogP contribution in [0.25, 0.3) is 0 Å². The van der Waals surface area contributed by atoms with E-state index >= 15 is 0 Å².